The standard InChI is InChI=1S/C19H32N2/c1-6-15(7-2)13-21-14-18(19(3,4)5)20-12-16-10-8-9-11-17(16)21/h8-11,15,18,20H,6-7,12-14H2,1-5H3. The van der Waals surface area contributed by atoms with Crippen LogP contribution in [0.5, 0.6) is 0 Å². The van der Waals surface area contributed by atoms with E-state index in [0.717, 1.165) is 19.0 Å². The summed E-state index contributed by atoms with van der Waals surface area (Å²) >= 11 is 0. The molecular formula is C19H32N2. The molecule has 118 valence electrons. The summed E-state index contributed by atoms with van der Waals surface area (Å²) < 4.78 is 0. The quantitative estimate of drug-likeness (QED) is 0.880. The Morgan fingerprint density at radius 1 is 1.19 bits per heavy atom. The van der Waals surface area contributed by atoms with E-state index in [0.29, 0.717) is 6.04 Å². The van der Waals surface area contributed by atoms with Gasteiger partial charge in [-0.3, -0.25) is 0 Å². The molecule has 2 heteroatoms. The van der Waals surface area contributed by atoms with Crippen LogP contribution in [0.2, 0.25) is 0 Å². The molecule has 1 heterocycles. The Morgan fingerprint density at radius 3 is 2.48 bits per heavy atom. The predicted molar refractivity (Wildman–Crippen MR) is 92.8 cm³/mol. The lowest BCUT2D eigenvalue weighted by atomic mass is 9.86. The van der Waals surface area contributed by atoms with E-state index in [1.807, 2.05) is 0 Å². The summed E-state index contributed by atoms with van der Waals surface area (Å²) in [4.78, 5) is 2.63. The van der Waals surface area contributed by atoms with Gasteiger partial charge >= 0.3 is 0 Å². The average molecular weight is 288 g/mol. The molecule has 21 heavy (non-hydrogen) atoms. The molecule has 1 atom stereocenters. The van der Waals surface area contributed by atoms with Crippen molar-refractivity contribution in [1.29, 1.82) is 0 Å². The van der Waals surface area contributed by atoms with Crippen molar-refractivity contribution in [2.75, 3.05) is 18.0 Å². The van der Waals surface area contributed by atoms with Gasteiger partial charge in [0, 0.05) is 31.4 Å². The van der Waals surface area contributed by atoms with Gasteiger partial charge in [0.05, 0.1) is 0 Å². The Hall–Kier alpha value is -1.02. The van der Waals surface area contributed by atoms with Crippen LogP contribution >= 0.6 is 0 Å². The van der Waals surface area contributed by atoms with Crippen molar-refractivity contribution in [1.82, 2.24) is 5.32 Å². The number of nitrogens with zero attached hydrogens (tertiary/aromatic N) is 1. The van der Waals surface area contributed by atoms with E-state index in [-0.39, 0.29) is 5.41 Å². The monoisotopic (exact) mass is 288 g/mol. The molecule has 0 saturated heterocycles. The maximum absolute atomic E-state index is 3.78. The maximum Gasteiger partial charge on any atom is 0.0412 e. The normalized spacial score (nSPS) is 19.5. The fraction of sp³-hybridized carbons (Fsp3) is 0.684. The van der Waals surface area contributed by atoms with Crippen molar-refractivity contribution >= 4 is 5.69 Å². The number of fused-ring (bicyclic) bond motifs is 1. The van der Waals surface area contributed by atoms with Crippen molar-refractivity contribution in [2.45, 2.75) is 60.0 Å². The van der Waals surface area contributed by atoms with Crippen LogP contribution in [-0.2, 0) is 6.54 Å². The molecule has 0 radical (unpaired) electrons. The molecule has 1 aromatic carbocycles. The highest BCUT2D eigenvalue weighted by Gasteiger charge is 2.30. The first kappa shape index (κ1) is 16.4. The second kappa shape index (κ2) is 6.83. The third-order valence-electron chi connectivity index (χ3n) is 4.95. The summed E-state index contributed by atoms with van der Waals surface area (Å²) in [6.07, 6.45) is 2.53. The Kier molecular flexibility index (Phi) is 5.32. The van der Waals surface area contributed by atoms with Crippen molar-refractivity contribution in [2.24, 2.45) is 11.3 Å². The Bertz CT molecular complexity index is 443. The Labute approximate surface area is 130 Å². The molecule has 0 bridgehead atoms. The van der Waals surface area contributed by atoms with E-state index >= 15 is 0 Å². The van der Waals surface area contributed by atoms with Gasteiger partial charge in [0.2, 0.25) is 0 Å². The molecule has 0 aliphatic carbocycles. The van der Waals surface area contributed by atoms with Gasteiger partial charge in [0.1, 0.15) is 0 Å². The molecule has 1 unspecified atom stereocenters. The fourth-order valence-corrected chi connectivity index (χ4v) is 3.20. The molecular weight excluding hydrogens is 256 g/mol. The lowest BCUT2D eigenvalue weighted by Crippen LogP contribution is -2.47. The van der Waals surface area contributed by atoms with Gasteiger partial charge in [0.25, 0.3) is 0 Å². The van der Waals surface area contributed by atoms with Gasteiger partial charge < -0.3 is 10.2 Å². The van der Waals surface area contributed by atoms with Crippen molar-refractivity contribution in [3.05, 3.63) is 29.8 Å². The van der Waals surface area contributed by atoms with Crippen LogP contribution in [0.3, 0.4) is 0 Å². The second-order valence-electron chi connectivity index (χ2n) is 7.52. The van der Waals surface area contributed by atoms with Crippen molar-refractivity contribution < 1.29 is 0 Å². The summed E-state index contributed by atoms with van der Waals surface area (Å²) in [6.45, 7) is 14.9. The third kappa shape index (κ3) is 4.00. The molecule has 0 aromatic heterocycles. The molecule has 0 spiro atoms. The zero-order chi connectivity index (χ0) is 15.5. The minimum Gasteiger partial charge on any atom is -0.369 e. The first-order valence-electron chi connectivity index (χ1n) is 8.52. The summed E-state index contributed by atoms with van der Waals surface area (Å²) in [6, 6.07) is 9.43. The largest absolute Gasteiger partial charge is 0.369 e. The zero-order valence-corrected chi connectivity index (χ0v) is 14.4. The summed E-state index contributed by atoms with van der Waals surface area (Å²) in [7, 11) is 0. The van der Waals surface area contributed by atoms with Crippen molar-refractivity contribution in [3.63, 3.8) is 0 Å². The summed E-state index contributed by atoms with van der Waals surface area (Å²) in [5, 5.41) is 3.78. The maximum atomic E-state index is 3.78. The number of nitrogens with one attached hydrogen (secondary N) is 1. The summed E-state index contributed by atoms with van der Waals surface area (Å²) in [5.74, 6) is 0.789. The van der Waals surface area contributed by atoms with Gasteiger partial charge in [-0.15, -0.1) is 0 Å². The van der Waals surface area contributed by atoms with Crippen LogP contribution in [-0.4, -0.2) is 19.1 Å². The lowest BCUT2D eigenvalue weighted by Gasteiger charge is -2.36. The molecule has 1 aromatic rings. The van der Waals surface area contributed by atoms with E-state index in [2.05, 4.69) is 69.1 Å². The van der Waals surface area contributed by atoms with Crippen LogP contribution in [0.1, 0.15) is 53.0 Å². The first-order valence-corrected chi connectivity index (χ1v) is 8.52. The average Bonchev–Trinajstić information content (AvgIpc) is 2.64. The van der Waals surface area contributed by atoms with Crippen LogP contribution in [0, 0.1) is 11.3 Å². The topological polar surface area (TPSA) is 15.3 Å². The number of anilines is 1. The Morgan fingerprint density at radius 2 is 1.86 bits per heavy atom. The van der Waals surface area contributed by atoms with E-state index in [1.165, 1.54) is 30.6 Å². The smallest absolute Gasteiger partial charge is 0.0412 e. The first-order chi connectivity index (χ1) is 9.95. The minimum atomic E-state index is 0.286. The highest BCUT2D eigenvalue weighted by Crippen LogP contribution is 2.30. The highest BCUT2D eigenvalue weighted by atomic mass is 15.2. The van der Waals surface area contributed by atoms with Gasteiger partial charge in [0.15, 0.2) is 0 Å². The molecule has 0 amide bonds. The van der Waals surface area contributed by atoms with Crippen LogP contribution < -0.4 is 10.2 Å². The number of benzene rings is 1. The molecule has 2 nitrogen and oxygen atoms in total. The SMILES string of the molecule is CCC(CC)CN1CC(C(C)(C)C)NCc2ccccc21. The van der Waals surface area contributed by atoms with Crippen LogP contribution in [0.4, 0.5) is 5.69 Å². The molecule has 0 saturated carbocycles. The van der Waals surface area contributed by atoms with Gasteiger partial charge in [-0.1, -0.05) is 65.7 Å². The van der Waals surface area contributed by atoms with Gasteiger partial charge in [-0.05, 0) is 23.0 Å². The molecule has 1 aliphatic heterocycles. The van der Waals surface area contributed by atoms with E-state index in [1.54, 1.807) is 0 Å². The van der Waals surface area contributed by atoms with Gasteiger partial charge in [-0.2, -0.15) is 0 Å². The third-order valence-corrected chi connectivity index (χ3v) is 4.95. The minimum absolute atomic E-state index is 0.286. The lowest BCUT2D eigenvalue weighted by molar-refractivity contribution is 0.269. The second-order valence-corrected chi connectivity index (χ2v) is 7.52. The predicted octanol–water partition coefficient (Wildman–Crippen LogP) is 4.45. The highest BCUT2D eigenvalue weighted by molar-refractivity contribution is 5.54. The molecule has 0 fully saturated rings. The van der Waals surface area contributed by atoms with Crippen LogP contribution in [0.15, 0.2) is 24.3 Å². The van der Waals surface area contributed by atoms with Crippen molar-refractivity contribution in [3.8, 4) is 0 Å². The number of para-hydroxylation sites is 1. The summed E-state index contributed by atoms with van der Waals surface area (Å²) in [5.41, 5.74) is 3.16. The molecule has 1 aliphatic rings. The molecule has 1 N–H and O–H groups in total. The van der Waals surface area contributed by atoms with E-state index in [9.17, 15) is 0 Å². The number of hydrogen-bond donors (Lipinski definition) is 1. The Balaban J connectivity index is 2.27. The number of hydrogen-bond acceptors (Lipinski definition) is 2. The molecule has 2 rings (SSSR count). The van der Waals surface area contributed by atoms with Gasteiger partial charge in [-0.25, -0.2) is 0 Å². The number of rotatable bonds is 4. The fourth-order valence-electron chi connectivity index (χ4n) is 3.20. The van der Waals surface area contributed by atoms with E-state index < -0.39 is 0 Å². The van der Waals surface area contributed by atoms with E-state index in [4.69, 9.17) is 0 Å². The zero-order valence-electron chi connectivity index (χ0n) is 14.4. The van der Waals surface area contributed by atoms with Crippen LogP contribution in [0.25, 0.3) is 0 Å².